The maximum Gasteiger partial charge on any atom is 0.144 e. The van der Waals surface area contributed by atoms with E-state index in [4.69, 9.17) is 12.2 Å². The van der Waals surface area contributed by atoms with Crippen molar-refractivity contribution in [1.82, 2.24) is 9.97 Å². The molecule has 1 rings (SSSR count). The van der Waals surface area contributed by atoms with Gasteiger partial charge in [0.2, 0.25) is 0 Å². The Kier molecular flexibility index (Phi) is 3.01. The Morgan fingerprint density at radius 2 is 2.08 bits per heavy atom. The van der Waals surface area contributed by atoms with Crippen LogP contribution in [0, 0.1) is 11.6 Å². The third-order valence-corrected chi connectivity index (χ3v) is 2.95. The molecule has 0 aliphatic carbocycles. The quantitative estimate of drug-likeness (QED) is 0.771. The van der Waals surface area contributed by atoms with E-state index in [1.807, 2.05) is 6.92 Å². The molecule has 0 saturated carbocycles. The lowest BCUT2D eigenvalue weighted by Gasteiger charge is -2.08. The highest BCUT2D eigenvalue weighted by Crippen LogP contribution is 2.22. The first-order chi connectivity index (χ1) is 5.52. The zero-order valence-corrected chi connectivity index (χ0v) is 9.71. The van der Waals surface area contributed by atoms with Crippen LogP contribution in [0.15, 0.2) is 4.47 Å². The summed E-state index contributed by atoms with van der Waals surface area (Å²) in [6.07, 6.45) is 0. The maximum absolute atomic E-state index is 5.07. The fourth-order valence-electron chi connectivity index (χ4n) is 0.992. The highest BCUT2D eigenvalue weighted by Gasteiger charge is 2.07. The van der Waals surface area contributed by atoms with Crippen LogP contribution in [0.1, 0.15) is 31.3 Å². The number of rotatable bonds is 1. The second-order valence-corrected chi connectivity index (χ2v) is 4.19. The molecule has 0 aliphatic rings. The van der Waals surface area contributed by atoms with Crippen molar-refractivity contribution in [1.29, 1.82) is 0 Å². The van der Waals surface area contributed by atoms with Crippen molar-refractivity contribution in [3.8, 4) is 0 Å². The summed E-state index contributed by atoms with van der Waals surface area (Å²) in [5.74, 6) is 1.30. The predicted molar refractivity (Wildman–Crippen MR) is 55.9 cm³/mol. The lowest BCUT2D eigenvalue weighted by molar-refractivity contribution is 0.791. The van der Waals surface area contributed by atoms with Crippen molar-refractivity contribution in [2.45, 2.75) is 26.7 Å². The Morgan fingerprint density at radius 1 is 1.50 bits per heavy atom. The van der Waals surface area contributed by atoms with Gasteiger partial charge >= 0.3 is 0 Å². The molecule has 0 atom stereocenters. The Hall–Kier alpha value is -0.220. The van der Waals surface area contributed by atoms with Crippen LogP contribution < -0.4 is 0 Å². The number of halogens is 1. The molecule has 12 heavy (non-hydrogen) atoms. The third-order valence-electron chi connectivity index (χ3n) is 1.59. The van der Waals surface area contributed by atoms with E-state index >= 15 is 0 Å². The van der Waals surface area contributed by atoms with Gasteiger partial charge in [0, 0.05) is 5.69 Å². The summed E-state index contributed by atoms with van der Waals surface area (Å²) in [4.78, 5) is 7.32. The molecule has 0 spiro atoms. The molecule has 0 saturated heterocycles. The highest BCUT2D eigenvalue weighted by atomic mass is 79.9. The average molecular weight is 247 g/mol. The number of nitrogens with zero attached hydrogens (tertiary/aromatic N) is 1. The average Bonchev–Trinajstić information content (AvgIpc) is 1.96. The lowest BCUT2D eigenvalue weighted by atomic mass is 10.1. The lowest BCUT2D eigenvalue weighted by Crippen LogP contribution is -1.99. The molecule has 0 aromatic carbocycles. The summed E-state index contributed by atoms with van der Waals surface area (Å²) in [6.45, 7) is 6.14. The number of hydrogen-bond acceptors (Lipinski definition) is 2. The Balaban J connectivity index is 3.38. The molecule has 0 unspecified atom stereocenters. The first-order valence-corrected chi connectivity index (χ1v) is 4.98. The normalized spacial score (nSPS) is 10.8. The van der Waals surface area contributed by atoms with Gasteiger partial charge in [-0.2, -0.15) is 0 Å². The zero-order chi connectivity index (χ0) is 9.30. The molecule has 4 heteroatoms. The SMILES string of the molecule is Cc1nc(=S)c(Br)c(C(C)C)[nH]1. The first-order valence-electron chi connectivity index (χ1n) is 3.78. The largest absolute Gasteiger partial charge is 0.346 e. The Bertz CT molecular complexity index is 343. The number of nitrogens with one attached hydrogen (secondary N) is 1. The zero-order valence-electron chi connectivity index (χ0n) is 7.31. The molecule has 1 heterocycles. The molecule has 1 N–H and O–H groups in total. The van der Waals surface area contributed by atoms with Crippen LogP contribution in [0.5, 0.6) is 0 Å². The van der Waals surface area contributed by atoms with Gasteiger partial charge < -0.3 is 4.98 Å². The van der Waals surface area contributed by atoms with Crippen LogP contribution in [-0.2, 0) is 0 Å². The van der Waals surface area contributed by atoms with Crippen LogP contribution in [0.2, 0.25) is 0 Å². The van der Waals surface area contributed by atoms with E-state index in [0.29, 0.717) is 10.6 Å². The second-order valence-electron chi connectivity index (χ2n) is 3.01. The van der Waals surface area contributed by atoms with Gasteiger partial charge in [0.1, 0.15) is 10.5 Å². The second kappa shape index (κ2) is 3.66. The van der Waals surface area contributed by atoms with E-state index in [0.717, 1.165) is 16.0 Å². The molecule has 0 bridgehead atoms. The van der Waals surface area contributed by atoms with Gasteiger partial charge in [-0.1, -0.05) is 26.1 Å². The number of aromatic amines is 1. The topological polar surface area (TPSA) is 28.7 Å². The van der Waals surface area contributed by atoms with Crippen molar-refractivity contribution in [2.75, 3.05) is 0 Å². The van der Waals surface area contributed by atoms with E-state index in [9.17, 15) is 0 Å². The highest BCUT2D eigenvalue weighted by molar-refractivity contribution is 9.10. The van der Waals surface area contributed by atoms with E-state index in [2.05, 4.69) is 39.7 Å². The minimum absolute atomic E-state index is 0.433. The van der Waals surface area contributed by atoms with Gasteiger partial charge in [-0.3, -0.25) is 0 Å². The third kappa shape index (κ3) is 1.93. The molecule has 0 aliphatic heterocycles. The van der Waals surface area contributed by atoms with Crippen LogP contribution >= 0.6 is 28.1 Å². The molecular formula is C8H11BrN2S. The molecule has 1 aromatic heterocycles. The molecule has 0 fully saturated rings. The van der Waals surface area contributed by atoms with Crippen molar-refractivity contribution in [3.05, 3.63) is 20.6 Å². The maximum atomic E-state index is 5.07. The molecule has 66 valence electrons. The van der Waals surface area contributed by atoms with E-state index < -0.39 is 0 Å². The Labute approximate surface area is 85.6 Å². The number of H-pyrrole nitrogens is 1. The van der Waals surface area contributed by atoms with Crippen LogP contribution in [0.4, 0.5) is 0 Å². The molecule has 1 aromatic rings. The molecule has 0 radical (unpaired) electrons. The van der Waals surface area contributed by atoms with Crippen LogP contribution in [0.25, 0.3) is 0 Å². The summed E-state index contributed by atoms with van der Waals surface area (Å²) in [5, 5.41) is 0. The van der Waals surface area contributed by atoms with Crippen molar-refractivity contribution in [2.24, 2.45) is 0 Å². The van der Waals surface area contributed by atoms with Crippen molar-refractivity contribution in [3.63, 3.8) is 0 Å². The van der Waals surface area contributed by atoms with Gasteiger partial charge in [0.05, 0.1) is 4.47 Å². The van der Waals surface area contributed by atoms with Gasteiger partial charge in [-0.05, 0) is 28.8 Å². The number of aryl methyl sites for hydroxylation is 1. The standard InChI is InChI=1S/C8H11BrN2S/c1-4(2)7-6(9)8(12)11-5(3)10-7/h4H,1-3H3,(H,10,11,12). The van der Waals surface area contributed by atoms with Crippen LogP contribution in [0.3, 0.4) is 0 Å². The molecule has 2 nitrogen and oxygen atoms in total. The summed E-state index contributed by atoms with van der Waals surface area (Å²) in [5.41, 5.74) is 1.12. The number of hydrogen-bond donors (Lipinski definition) is 1. The first kappa shape index (κ1) is 9.86. The van der Waals surface area contributed by atoms with Gasteiger partial charge in [-0.15, -0.1) is 0 Å². The minimum Gasteiger partial charge on any atom is -0.346 e. The van der Waals surface area contributed by atoms with Crippen molar-refractivity contribution >= 4 is 28.1 Å². The smallest absolute Gasteiger partial charge is 0.144 e. The van der Waals surface area contributed by atoms with Crippen molar-refractivity contribution < 1.29 is 0 Å². The predicted octanol–water partition coefficient (Wildman–Crippen LogP) is 3.33. The van der Waals surface area contributed by atoms with Gasteiger partial charge in [0.25, 0.3) is 0 Å². The minimum atomic E-state index is 0.433. The molecule has 0 amide bonds. The number of aromatic nitrogens is 2. The van der Waals surface area contributed by atoms with Gasteiger partial charge in [0.15, 0.2) is 0 Å². The van der Waals surface area contributed by atoms with Crippen LogP contribution in [-0.4, -0.2) is 9.97 Å². The summed E-state index contributed by atoms with van der Waals surface area (Å²) < 4.78 is 1.55. The van der Waals surface area contributed by atoms with E-state index in [-0.39, 0.29) is 0 Å². The van der Waals surface area contributed by atoms with E-state index in [1.54, 1.807) is 0 Å². The monoisotopic (exact) mass is 246 g/mol. The molecular weight excluding hydrogens is 236 g/mol. The fourth-order valence-corrected chi connectivity index (χ4v) is 1.88. The fraction of sp³-hybridized carbons (Fsp3) is 0.500. The summed E-state index contributed by atoms with van der Waals surface area (Å²) >= 11 is 8.49. The summed E-state index contributed by atoms with van der Waals surface area (Å²) in [7, 11) is 0. The van der Waals surface area contributed by atoms with E-state index in [1.165, 1.54) is 0 Å². The summed E-state index contributed by atoms with van der Waals surface area (Å²) in [6, 6.07) is 0. The van der Waals surface area contributed by atoms with Gasteiger partial charge in [-0.25, -0.2) is 4.98 Å². The Morgan fingerprint density at radius 3 is 2.58 bits per heavy atom.